The minimum atomic E-state index is -0.159. The fraction of sp³-hybridized carbons (Fsp3) is 0.364. The number of halogens is 4. The van der Waals surface area contributed by atoms with E-state index in [9.17, 15) is 4.79 Å². The Bertz CT molecular complexity index is 414. The summed E-state index contributed by atoms with van der Waals surface area (Å²) in [6.07, 6.45) is 0. The van der Waals surface area contributed by atoms with Gasteiger partial charge < -0.3 is 5.32 Å². The minimum absolute atomic E-state index is 0.0111. The number of hydrogen-bond donors (Lipinski definition) is 1. The van der Waals surface area contributed by atoms with Gasteiger partial charge in [-0.25, -0.2) is 0 Å². The van der Waals surface area contributed by atoms with Crippen molar-refractivity contribution in [3.8, 4) is 0 Å². The SMILES string of the molecule is CC(C)C(Br)C(=O)Nc1c(I)cc(I)cc1I. The van der Waals surface area contributed by atoms with Crippen LogP contribution in [-0.2, 0) is 4.79 Å². The molecule has 0 aliphatic rings. The van der Waals surface area contributed by atoms with Crippen LogP contribution in [0.1, 0.15) is 13.8 Å². The van der Waals surface area contributed by atoms with Gasteiger partial charge >= 0.3 is 0 Å². The zero-order valence-corrected chi connectivity index (χ0v) is 17.3. The first-order valence-corrected chi connectivity index (χ1v) is 9.07. The van der Waals surface area contributed by atoms with E-state index >= 15 is 0 Å². The summed E-state index contributed by atoms with van der Waals surface area (Å²) >= 11 is 10.2. The molecule has 0 heterocycles. The summed E-state index contributed by atoms with van der Waals surface area (Å²) in [6.45, 7) is 4.03. The molecule has 0 fully saturated rings. The van der Waals surface area contributed by atoms with Crippen LogP contribution in [0.4, 0.5) is 5.69 Å². The molecule has 6 heteroatoms. The standard InChI is InChI=1S/C11H11BrI3NO/c1-5(2)9(12)11(17)16-10-7(14)3-6(13)4-8(10)15/h3-5,9H,1-2H3,(H,16,17). The Morgan fingerprint density at radius 3 is 2.12 bits per heavy atom. The Morgan fingerprint density at radius 2 is 1.71 bits per heavy atom. The summed E-state index contributed by atoms with van der Waals surface area (Å²) in [5.74, 6) is 0.284. The van der Waals surface area contributed by atoms with Gasteiger partial charge in [-0.2, -0.15) is 0 Å². The minimum Gasteiger partial charge on any atom is -0.323 e. The number of rotatable bonds is 3. The van der Waals surface area contributed by atoms with Gasteiger partial charge in [-0.15, -0.1) is 0 Å². The monoisotopic (exact) mass is 633 g/mol. The topological polar surface area (TPSA) is 29.1 Å². The molecule has 1 amide bonds. The van der Waals surface area contributed by atoms with E-state index < -0.39 is 0 Å². The maximum Gasteiger partial charge on any atom is 0.238 e. The fourth-order valence-electron chi connectivity index (χ4n) is 1.16. The van der Waals surface area contributed by atoms with Crippen molar-refractivity contribution in [2.45, 2.75) is 18.7 Å². The summed E-state index contributed by atoms with van der Waals surface area (Å²) in [5.41, 5.74) is 0.904. The second-order valence-corrected chi connectivity index (χ2v) is 8.44. The lowest BCUT2D eigenvalue weighted by Gasteiger charge is -2.16. The van der Waals surface area contributed by atoms with Crippen molar-refractivity contribution in [3.63, 3.8) is 0 Å². The number of carbonyl (C=O) groups excluding carboxylic acids is 1. The van der Waals surface area contributed by atoms with E-state index in [0.29, 0.717) is 0 Å². The molecule has 0 saturated heterocycles. The molecule has 0 aliphatic heterocycles. The van der Waals surface area contributed by atoms with Crippen molar-refractivity contribution in [1.82, 2.24) is 0 Å². The number of nitrogens with one attached hydrogen (secondary N) is 1. The van der Waals surface area contributed by atoms with Gasteiger partial charge in [0.1, 0.15) is 0 Å². The predicted octanol–water partition coefficient (Wildman–Crippen LogP) is 4.86. The van der Waals surface area contributed by atoms with Gasteiger partial charge in [0.05, 0.1) is 10.5 Å². The van der Waals surface area contributed by atoms with Gasteiger partial charge in [0.25, 0.3) is 0 Å². The van der Waals surface area contributed by atoms with E-state index in [-0.39, 0.29) is 16.7 Å². The van der Waals surface area contributed by atoms with Crippen LogP contribution < -0.4 is 5.32 Å². The Hall–Kier alpha value is 1.36. The van der Waals surface area contributed by atoms with Gasteiger partial charge in [-0.3, -0.25) is 4.79 Å². The zero-order chi connectivity index (χ0) is 13.2. The van der Waals surface area contributed by atoms with Crippen LogP contribution in [0.2, 0.25) is 0 Å². The number of anilines is 1. The Labute approximate surface area is 151 Å². The van der Waals surface area contributed by atoms with E-state index in [1.54, 1.807) is 0 Å². The molecule has 17 heavy (non-hydrogen) atoms. The second kappa shape index (κ2) is 7.22. The van der Waals surface area contributed by atoms with Crippen LogP contribution in [0.25, 0.3) is 0 Å². The van der Waals surface area contributed by atoms with Gasteiger partial charge in [0.2, 0.25) is 5.91 Å². The van der Waals surface area contributed by atoms with Crippen molar-refractivity contribution in [2.24, 2.45) is 5.92 Å². The molecule has 0 radical (unpaired) electrons. The third-order valence-electron chi connectivity index (χ3n) is 2.09. The summed E-state index contributed by atoms with van der Waals surface area (Å²) in [7, 11) is 0. The molecular formula is C11H11BrI3NO. The molecule has 1 rings (SSSR count). The molecule has 0 aliphatic carbocycles. The number of alkyl halides is 1. The molecule has 94 valence electrons. The first-order valence-electron chi connectivity index (χ1n) is 4.92. The van der Waals surface area contributed by atoms with E-state index in [4.69, 9.17) is 0 Å². The third-order valence-corrected chi connectivity index (χ3v) is 5.89. The van der Waals surface area contributed by atoms with Gasteiger partial charge in [-0.05, 0) is 85.8 Å². The highest BCUT2D eigenvalue weighted by Crippen LogP contribution is 2.28. The van der Waals surface area contributed by atoms with E-state index in [1.807, 2.05) is 13.8 Å². The van der Waals surface area contributed by atoms with Crippen LogP contribution in [0, 0.1) is 16.6 Å². The van der Waals surface area contributed by atoms with E-state index in [1.165, 1.54) is 3.57 Å². The Kier molecular flexibility index (Phi) is 6.98. The highest BCUT2D eigenvalue weighted by atomic mass is 127. The fourth-order valence-corrected chi connectivity index (χ4v) is 5.12. The van der Waals surface area contributed by atoms with Gasteiger partial charge in [-0.1, -0.05) is 29.8 Å². The Morgan fingerprint density at radius 1 is 1.24 bits per heavy atom. The van der Waals surface area contributed by atoms with Crippen LogP contribution >= 0.6 is 83.7 Å². The molecule has 1 unspecified atom stereocenters. The lowest BCUT2D eigenvalue weighted by molar-refractivity contribution is -0.116. The number of carbonyl (C=O) groups is 1. The lowest BCUT2D eigenvalue weighted by atomic mass is 10.1. The summed E-state index contributed by atoms with van der Waals surface area (Å²) in [6, 6.07) is 4.11. The molecule has 0 bridgehead atoms. The highest BCUT2D eigenvalue weighted by Gasteiger charge is 2.20. The summed E-state index contributed by atoms with van der Waals surface area (Å²) < 4.78 is 3.31. The maximum atomic E-state index is 12.0. The second-order valence-electron chi connectivity index (χ2n) is 3.88. The Balaban J connectivity index is 2.93. The molecule has 1 N–H and O–H groups in total. The normalized spacial score (nSPS) is 12.6. The molecular weight excluding hydrogens is 623 g/mol. The van der Waals surface area contributed by atoms with Gasteiger partial charge in [0, 0.05) is 10.7 Å². The van der Waals surface area contributed by atoms with Crippen molar-refractivity contribution in [1.29, 1.82) is 0 Å². The molecule has 0 aromatic heterocycles. The van der Waals surface area contributed by atoms with Crippen molar-refractivity contribution < 1.29 is 4.79 Å². The van der Waals surface area contributed by atoms with Crippen LogP contribution in [-0.4, -0.2) is 10.7 Å². The van der Waals surface area contributed by atoms with Crippen LogP contribution in [0.5, 0.6) is 0 Å². The molecule has 1 atom stereocenters. The molecule has 0 spiro atoms. The number of amides is 1. The quantitative estimate of drug-likeness (QED) is 0.374. The first-order chi connectivity index (χ1) is 7.82. The average Bonchev–Trinajstić information content (AvgIpc) is 2.21. The molecule has 1 aromatic carbocycles. The van der Waals surface area contributed by atoms with Crippen LogP contribution in [0.15, 0.2) is 12.1 Å². The smallest absolute Gasteiger partial charge is 0.238 e. The third kappa shape index (κ3) is 4.75. The van der Waals surface area contributed by atoms with Gasteiger partial charge in [0.15, 0.2) is 0 Å². The average molecular weight is 634 g/mol. The number of hydrogen-bond acceptors (Lipinski definition) is 1. The first kappa shape index (κ1) is 16.4. The van der Waals surface area contributed by atoms with Crippen molar-refractivity contribution >= 4 is 95.3 Å². The maximum absolute atomic E-state index is 12.0. The largest absolute Gasteiger partial charge is 0.323 e. The highest BCUT2D eigenvalue weighted by molar-refractivity contribution is 14.1. The molecule has 1 aromatic rings. The number of benzene rings is 1. The molecule has 2 nitrogen and oxygen atoms in total. The molecule has 0 saturated carbocycles. The van der Waals surface area contributed by atoms with Crippen molar-refractivity contribution in [3.05, 3.63) is 22.8 Å². The summed E-state index contributed by atoms with van der Waals surface area (Å²) in [5, 5.41) is 2.98. The van der Waals surface area contributed by atoms with Crippen molar-refractivity contribution in [2.75, 3.05) is 5.32 Å². The van der Waals surface area contributed by atoms with E-state index in [2.05, 4.69) is 101 Å². The lowest BCUT2D eigenvalue weighted by Crippen LogP contribution is -2.27. The summed E-state index contributed by atoms with van der Waals surface area (Å²) in [4.78, 5) is 11.8. The zero-order valence-electron chi connectivity index (χ0n) is 9.23. The predicted molar refractivity (Wildman–Crippen MR) is 101 cm³/mol. The van der Waals surface area contributed by atoms with E-state index in [0.717, 1.165) is 12.8 Å². The van der Waals surface area contributed by atoms with Crippen LogP contribution in [0.3, 0.4) is 0 Å².